The number of rotatable bonds is 14. The Labute approximate surface area is 161 Å². The summed E-state index contributed by atoms with van der Waals surface area (Å²) in [5.41, 5.74) is 0. The van der Waals surface area contributed by atoms with Crippen molar-refractivity contribution in [1.82, 2.24) is 0 Å². The Morgan fingerprint density at radius 2 is 0.846 bits per heavy atom. The molecule has 0 bridgehead atoms. The van der Waals surface area contributed by atoms with Gasteiger partial charge in [-0.2, -0.15) is 0 Å². The van der Waals surface area contributed by atoms with Crippen molar-refractivity contribution in [2.24, 2.45) is 0 Å². The molecule has 0 N–H and O–H groups in total. The lowest BCUT2D eigenvalue weighted by atomic mass is 10.1. The lowest BCUT2D eigenvalue weighted by Gasteiger charge is -1.92. The van der Waals surface area contributed by atoms with E-state index in [1.54, 1.807) is 6.08 Å². The van der Waals surface area contributed by atoms with Crippen LogP contribution >= 0.6 is 0 Å². The summed E-state index contributed by atoms with van der Waals surface area (Å²) in [6.45, 7) is 7.46. The summed E-state index contributed by atoms with van der Waals surface area (Å²) in [6, 6.07) is 0. The third-order valence-electron chi connectivity index (χ3n) is 3.25. The van der Waals surface area contributed by atoms with Gasteiger partial charge in [-0.1, -0.05) is 148 Å². The van der Waals surface area contributed by atoms with Crippen LogP contribution in [0.4, 0.5) is 0 Å². The minimum atomic E-state index is 1.18. The zero-order chi connectivity index (χ0) is 19.0. The Morgan fingerprint density at radius 1 is 0.462 bits per heavy atom. The molecule has 0 heterocycles. The SMILES string of the molecule is [CH]=C/C=C/C=C/C=C/C=C/C=C/C=C/C=C/C=C/C=C/CCCCCC. The van der Waals surface area contributed by atoms with E-state index in [4.69, 9.17) is 6.58 Å². The van der Waals surface area contributed by atoms with Crippen molar-refractivity contribution in [2.75, 3.05) is 0 Å². The van der Waals surface area contributed by atoms with Crippen molar-refractivity contribution in [3.63, 3.8) is 0 Å². The lowest BCUT2D eigenvalue weighted by Crippen LogP contribution is -1.72. The van der Waals surface area contributed by atoms with Crippen LogP contribution in [0.25, 0.3) is 0 Å². The molecule has 0 rings (SSSR count). The van der Waals surface area contributed by atoms with Gasteiger partial charge in [-0.05, 0) is 12.8 Å². The number of unbranched alkanes of at least 4 members (excludes halogenated alkanes) is 4. The van der Waals surface area contributed by atoms with Crippen molar-refractivity contribution < 1.29 is 0 Å². The van der Waals surface area contributed by atoms with E-state index in [1.807, 2.05) is 79.0 Å². The molecule has 0 atom stereocenters. The van der Waals surface area contributed by atoms with E-state index in [9.17, 15) is 0 Å². The number of hydrogen-bond acceptors (Lipinski definition) is 0. The van der Waals surface area contributed by atoms with Crippen molar-refractivity contribution >= 4 is 0 Å². The molecular weight excluding hydrogens is 312 g/mol. The molecule has 0 aliphatic heterocycles. The highest BCUT2D eigenvalue weighted by Gasteiger charge is 1.82. The normalized spacial score (nSPS) is 13.9. The predicted octanol–water partition coefficient (Wildman–Crippen LogP) is 7.95. The fraction of sp³-hybridized carbons (Fsp3) is 0.231. The van der Waals surface area contributed by atoms with Gasteiger partial charge in [-0.25, -0.2) is 0 Å². The minimum Gasteiger partial charge on any atom is -0.0845 e. The highest BCUT2D eigenvalue weighted by Crippen LogP contribution is 2.02. The zero-order valence-electron chi connectivity index (χ0n) is 16.1. The Morgan fingerprint density at radius 3 is 1.23 bits per heavy atom. The molecule has 1 radical (unpaired) electrons. The van der Waals surface area contributed by atoms with Crippen LogP contribution in [0.15, 0.2) is 115 Å². The average Bonchev–Trinajstić information content (AvgIpc) is 2.66. The Hall–Kier alpha value is -2.60. The second-order valence-corrected chi connectivity index (χ2v) is 5.55. The van der Waals surface area contributed by atoms with E-state index in [0.29, 0.717) is 0 Å². The van der Waals surface area contributed by atoms with Crippen molar-refractivity contribution in [1.29, 1.82) is 0 Å². The van der Waals surface area contributed by atoms with Gasteiger partial charge in [0.1, 0.15) is 0 Å². The van der Waals surface area contributed by atoms with Gasteiger partial charge in [0.25, 0.3) is 0 Å². The molecule has 137 valence electrons. The second-order valence-electron chi connectivity index (χ2n) is 5.55. The van der Waals surface area contributed by atoms with Gasteiger partial charge in [0.15, 0.2) is 0 Å². The summed E-state index contributed by atoms with van der Waals surface area (Å²) < 4.78 is 0. The van der Waals surface area contributed by atoms with Crippen molar-refractivity contribution in [3.8, 4) is 0 Å². The summed E-state index contributed by atoms with van der Waals surface area (Å²) in [5.74, 6) is 0. The van der Waals surface area contributed by atoms with Gasteiger partial charge in [0.2, 0.25) is 0 Å². The molecule has 0 aliphatic rings. The molecule has 0 aromatic rings. The first-order valence-electron chi connectivity index (χ1n) is 9.45. The molecular formula is C26H33. The molecule has 0 fully saturated rings. The summed E-state index contributed by atoms with van der Waals surface area (Å²) in [4.78, 5) is 0. The largest absolute Gasteiger partial charge is 0.0845 e. The maximum absolute atomic E-state index is 5.22. The molecule has 0 spiro atoms. The van der Waals surface area contributed by atoms with Gasteiger partial charge in [-0.15, -0.1) is 0 Å². The van der Waals surface area contributed by atoms with E-state index in [2.05, 4.69) is 31.2 Å². The van der Waals surface area contributed by atoms with Crippen LogP contribution in [0.5, 0.6) is 0 Å². The summed E-state index contributed by atoms with van der Waals surface area (Å²) in [7, 11) is 0. The quantitative estimate of drug-likeness (QED) is 0.221. The molecule has 0 saturated carbocycles. The van der Waals surface area contributed by atoms with Gasteiger partial charge in [-0.3, -0.25) is 0 Å². The Bertz CT molecular complexity index is 569. The highest BCUT2D eigenvalue weighted by atomic mass is 13.9. The van der Waals surface area contributed by atoms with Crippen LogP contribution in [-0.4, -0.2) is 0 Å². The first kappa shape index (κ1) is 23.4. The zero-order valence-corrected chi connectivity index (χ0v) is 16.1. The lowest BCUT2D eigenvalue weighted by molar-refractivity contribution is 0.674. The van der Waals surface area contributed by atoms with Crippen LogP contribution in [-0.2, 0) is 0 Å². The van der Waals surface area contributed by atoms with Gasteiger partial charge >= 0.3 is 0 Å². The van der Waals surface area contributed by atoms with Gasteiger partial charge < -0.3 is 0 Å². The van der Waals surface area contributed by atoms with Crippen LogP contribution in [0.1, 0.15) is 39.0 Å². The van der Waals surface area contributed by atoms with E-state index < -0.39 is 0 Å². The van der Waals surface area contributed by atoms with Crippen LogP contribution in [0, 0.1) is 6.58 Å². The molecule has 0 aliphatic carbocycles. The van der Waals surface area contributed by atoms with E-state index in [0.717, 1.165) is 0 Å². The highest BCUT2D eigenvalue weighted by molar-refractivity contribution is 5.22. The molecule has 26 heavy (non-hydrogen) atoms. The van der Waals surface area contributed by atoms with Crippen molar-refractivity contribution in [2.45, 2.75) is 39.0 Å². The smallest absolute Gasteiger partial charge is 0.0348 e. The maximum atomic E-state index is 5.22. The van der Waals surface area contributed by atoms with E-state index in [1.165, 1.54) is 38.2 Å². The predicted molar refractivity (Wildman–Crippen MR) is 120 cm³/mol. The summed E-state index contributed by atoms with van der Waals surface area (Å²) >= 11 is 0. The first-order valence-corrected chi connectivity index (χ1v) is 9.45. The topological polar surface area (TPSA) is 0 Å². The fourth-order valence-corrected chi connectivity index (χ4v) is 1.89. The average molecular weight is 346 g/mol. The van der Waals surface area contributed by atoms with Crippen LogP contribution in [0.3, 0.4) is 0 Å². The second kappa shape index (κ2) is 22.4. The van der Waals surface area contributed by atoms with Gasteiger partial charge in [0, 0.05) is 0 Å². The van der Waals surface area contributed by atoms with E-state index in [-0.39, 0.29) is 0 Å². The molecule has 0 unspecified atom stereocenters. The summed E-state index contributed by atoms with van der Waals surface area (Å²) in [6.07, 6.45) is 44.0. The Kier molecular flexibility index (Phi) is 20.2. The monoisotopic (exact) mass is 345 g/mol. The van der Waals surface area contributed by atoms with Crippen LogP contribution in [0.2, 0.25) is 0 Å². The first-order chi connectivity index (χ1) is 12.9. The van der Waals surface area contributed by atoms with Crippen molar-refractivity contribution in [3.05, 3.63) is 122 Å². The maximum Gasteiger partial charge on any atom is -0.0348 e. The Balaban J connectivity index is 3.79. The molecule has 0 aromatic heterocycles. The molecule has 0 heteroatoms. The van der Waals surface area contributed by atoms with E-state index >= 15 is 0 Å². The van der Waals surface area contributed by atoms with Gasteiger partial charge in [0.05, 0.1) is 0 Å². The third kappa shape index (κ3) is 21.4. The number of allylic oxidation sites excluding steroid dienone is 19. The number of hydrogen-bond donors (Lipinski definition) is 0. The molecule has 0 amide bonds. The third-order valence-corrected chi connectivity index (χ3v) is 3.25. The van der Waals surface area contributed by atoms with Crippen LogP contribution < -0.4 is 0 Å². The fourth-order valence-electron chi connectivity index (χ4n) is 1.89. The molecule has 0 nitrogen and oxygen atoms in total. The summed E-state index contributed by atoms with van der Waals surface area (Å²) in [5, 5.41) is 0. The standard InChI is InChI=1S/C26H33/c1-3-5-7-9-11-13-15-17-19-21-23-25-26-24-22-20-18-16-14-12-10-8-6-4-2/h1,3,5,7,9,11,13-26H,4,6,8,10,12H2,2H3/b3-1?,7-5+,11-9+,15-13+,16-14+,19-17+,20-18+,23-21+,24-22+,26-25+. The molecule has 0 aromatic carbocycles. The molecule has 0 saturated heterocycles. The minimum absolute atomic E-state index is 1.18.